The summed E-state index contributed by atoms with van der Waals surface area (Å²) >= 11 is 0. The Morgan fingerprint density at radius 1 is 1.30 bits per heavy atom. The number of nitrogens with one attached hydrogen (secondary N) is 1. The van der Waals surface area contributed by atoms with Crippen molar-refractivity contribution in [2.45, 2.75) is 19.9 Å². The summed E-state index contributed by atoms with van der Waals surface area (Å²) in [6.45, 7) is 3.23. The van der Waals surface area contributed by atoms with Gasteiger partial charge in [-0.1, -0.05) is 6.07 Å². The van der Waals surface area contributed by atoms with Gasteiger partial charge in [-0.25, -0.2) is 9.36 Å². The number of carbonyl (C=O) groups is 1. The third-order valence-electron chi connectivity index (χ3n) is 3.99. The van der Waals surface area contributed by atoms with E-state index in [4.69, 9.17) is 0 Å². The highest BCUT2D eigenvalue weighted by atomic mass is 16.6. The fraction of sp³-hybridized carbons (Fsp3) is 0.176. The topological polar surface area (TPSA) is 125 Å². The summed E-state index contributed by atoms with van der Waals surface area (Å²) in [6, 6.07) is 7.74. The van der Waals surface area contributed by atoms with Crippen LogP contribution >= 0.6 is 0 Å². The van der Waals surface area contributed by atoms with Crippen LogP contribution in [-0.4, -0.2) is 30.4 Å². The van der Waals surface area contributed by atoms with E-state index < -0.39 is 22.4 Å². The van der Waals surface area contributed by atoms with E-state index in [1.807, 2.05) is 0 Å². The van der Waals surface area contributed by atoms with Crippen LogP contribution in [0.15, 0.2) is 53.6 Å². The lowest BCUT2D eigenvalue weighted by atomic mass is 10.1. The molecule has 1 unspecified atom stereocenters. The van der Waals surface area contributed by atoms with Crippen molar-refractivity contribution in [1.29, 1.82) is 0 Å². The summed E-state index contributed by atoms with van der Waals surface area (Å²) in [5, 5.41) is 21.8. The highest BCUT2D eigenvalue weighted by molar-refractivity contribution is 5.94. The molecule has 0 aliphatic rings. The van der Waals surface area contributed by atoms with E-state index in [0.717, 1.165) is 4.68 Å². The molecule has 0 bridgehead atoms. The Balaban J connectivity index is 1.88. The van der Waals surface area contributed by atoms with Crippen LogP contribution in [0.2, 0.25) is 0 Å². The van der Waals surface area contributed by atoms with Crippen molar-refractivity contribution in [2.75, 3.05) is 5.32 Å². The predicted molar refractivity (Wildman–Crippen MR) is 96.8 cm³/mol. The molecule has 3 aromatic rings. The van der Waals surface area contributed by atoms with Gasteiger partial charge in [0.1, 0.15) is 6.04 Å². The van der Waals surface area contributed by atoms with Gasteiger partial charge in [0.05, 0.1) is 10.6 Å². The second-order valence-corrected chi connectivity index (χ2v) is 5.85. The first-order valence-corrected chi connectivity index (χ1v) is 8.02. The van der Waals surface area contributed by atoms with Crippen LogP contribution in [0.1, 0.15) is 18.5 Å². The van der Waals surface area contributed by atoms with Crippen LogP contribution in [0.4, 0.5) is 11.4 Å². The molecule has 27 heavy (non-hydrogen) atoms. The molecule has 0 aliphatic carbocycles. The summed E-state index contributed by atoms with van der Waals surface area (Å²) in [4.78, 5) is 35.1. The molecule has 0 radical (unpaired) electrons. The fourth-order valence-corrected chi connectivity index (χ4v) is 2.43. The molecule has 1 amide bonds. The number of anilines is 1. The van der Waals surface area contributed by atoms with Crippen molar-refractivity contribution in [3.63, 3.8) is 0 Å². The Morgan fingerprint density at radius 2 is 2.07 bits per heavy atom. The number of non-ortho nitro benzene ring substituents is 1. The van der Waals surface area contributed by atoms with E-state index >= 15 is 0 Å². The van der Waals surface area contributed by atoms with Crippen LogP contribution in [0.3, 0.4) is 0 Å². The lowest BCUT2D eigenvalue weighted by Gasteiger charge is -2.15. The number of carbonyl (C=O) groups excluding carboxylic acids is 1. The Labute approximate surface area is 153 Å². The maximum absolute atomic E-state index is 12.6. The molecule has 1 aromatic carbocycles. The zero-order chi connectivity index (χ0) is 19.6. The summed E-state index contributed by atoms with van der Waals surface area (Å²) in [6.07, 6.45) is 3.23. The molecule has 10 heteroatoms. The van der Waals surface area contributed by atoms with Gasteiger partial charge >= 0.3 is 0 Å². The number of hydrogen-bond donors (Lipinski definition) is 1. The van der Waals surface area contributed by atoms with Crippen LogP contribution in [0, 0.1) is 17.0 Å². The van der Waals surface area contributed by atoms with Gasteiger partial charge in [0.15, 0.2) is 5.82 Å². The zero-order valence-electron chi connectivity index (χ0n) is 14.6. The van der Waals surface area contributed by atoms with Crippen molar-refractivity contribution in [2.24, 2.45) is 0 Å². The minimum absolute atomic E-state index is 0.139. The number of nitrogens with zero attached hydrogens (tertiary/aromatic N) is 5. The Hall–Kier alpha value is -3.82. The maximum atomic E-state index is 12.6. The molecule has 0 fully saturated rings. The van der Waals surface area contributed by atoms with E-state index in [2.05, 4.69) is 15.5 Å². The molecule has 0 saturated carbocycles. The molecule has 2 aromatic heterocycles. The first-order valence-electron chi connectivity index (χ1n) is 8.02. The monoisotopic (exact) mass is 368 g/mol. The number of benzene rings is 1. The SMILES string of the molecule is Cc1ccc([N+](=O)[O-])cc1NC(=O)C(C)n1nc(-n2cccn2)ccc1=O. The van der Waals surface area contributed by atoms with Gasteiger partial charge in [0, 0.05) is 30.6 Å². The molecule has 0 aliphatic heterocycles. The van der Waals surface area contributed by atoms with Crippen molar-refractivity contribution >= 4 is 17.3 Å². The lowest BCUT2D eigenvalue weighted by molar-refractivity contribution is -0.384. The molecule has 2 heterocycles. The van der Waals surface area contributed by atoms with Gasteiger partial charge in [0.2, 0.25) is 5.91 Å². The summed E-state index contributed by atoms with van der Waals surface area (Å²) in [5.74, 6) is -0.142. The number of nitro groups is 1. The van der Waals surface area contributed by atoms with Crippen molar-refractivity contribution in [3.05, 3.63) is 74.8 Å². The van der Waals surface area contributed by atoms with Crippen LogP contribution in [0.25, 0.3) is 5.82 Å². The van der Waals surface area contributed by atoms with E-state index in [0.29, 0.717) is 17.1 Å². The fourth-order valence-electron chi connectivity index (χ4n) is 2.43. The summed E-state index contributed by atoms with van der Waals surface area (Å²) < 4.78 is 2.50. The van der Waals surface area contributed by atoms with Crippen LogP contribution in [0.5, 0.6) is 0 Å². The third kappa shape index (κ3) is 3.73. The van der Waals surface area contributed by atoms with E-state index in [-0.39, 0.29) is 5.69 Å². The quantitative estimate of drug-likeness (QED) is 0.541. The largest absolute Gasteiger partial charge is 0.324 e. The molecule has 138 valence electrons. The van der Waals surface area contributed by atoms with Gasteiger partial charge in [-0.15, -0.1) is 5.10 Å². The van der Waals surface area contributed by atoms with Crippen molar-refractivity contribution in [1.82, 2.24) is 19.6 Å². The zero-order valence-corrected chi connectivity index (χ0v) is 14.6. The molecule has 0 saturated heterocycles. The number of nitro benzene ring substituents is 1. The minimum atomic E-state index is -0.938. The van der Waals surface area contributed by atoms with Gasteiger partial charge < -0.3 is 5.32 Å². The molecule has 3 rings (SSSR count). The van der Waals surface area contributed by atoms with Crippen molar-refractivity contribution in [3.8, 4) is 5.82 Å². The average Bonchev–Trinajstić information content (AvgIpc) is 3.17. The highest BCUT2D eigenvalue weighted by Crippen LogP contribution is 2.22. The van der Waals surface area contributed by atoms with Gasteiger partial charge in [0.25, 0.3) is 11.2 Å². The van der Waals surface area contributed by atoms with E-state index in [9.17, 15) is 19.7 Å². The average molecular weight is 368 g/mol. The van der Waals surface area contributed by atoms with Gasteiger partial charge in [-0.05, 0) is 31.5 Å². The molecule has 10 nitrogen and oxygen atoms in total. The van der Waals surface area contributed by atoms with E-state index in [1.165, 1.54) is 35.9 Å². The Bertz CT molecular complexity index is 1060. The number of hydrogen-bond acceptors (Lipinski definition) is 6. The smallest absolute Gasteiger partial charge is 0.271 e. The van der Waals surface area contributed by atoms with Gasteiger partial charge in [-0.3, -0.25) is 19.7 Å². The van der Waals surface area contributed by atoms with Crippen LogP contribution < -0.4 is 10.9 Å². The maximum Gasteiger partial charge on any atom is 0.271 e. The first kappa shape index (κ1) is 18.0. The molecular weight excluding hydrogens is 352 g/mol. The molecule has 1 atom stereocenters. The third-order valence-corrected chi connectivity index (χ3v) is 3.99. The van der Waals surface area contributed by atoms with Crippen molar-refractivity contribution < 1.29 is 9.72 Å². The normalized spacial score (nSPS) is 11.8. The number of aryl methyl sites for hydroxylation is 1. The second-order valence-electron chi connectivity index (χ2n) is 5.85. The second kappa shape index (κ2) is 7.20. The Morgan fingerprint density at radius 3 is 2.74 bits per heavy atom. The highest BCUT2D eigenvalue weighted by Gasteiger charge is 2.20. The number of rotatable bonds is 5. The number of aromatic nitrogens is 4. The minimum Gasteiger partial charge on any atom is -0.324 e. The predicted octanol–water partition coefficient (Wildman–Crippen LogP) is 1.85. The standard InChI is InChI=1S/C17H16N6O4/c1-11-4-5-13(23(26)27)10-14(11)19-17(25)12(2)22-16(24)7-6-15(20-22)21-9-3-8-18-21/h3-10,12H,1-2H3,(H,19,25). The first-order chi connectivity index (χ1) is 12.9. The Kier molecular flexibility index (Phi) is 4.79. The summed E-state index contributed by atoms with van der Waals surface area (Å²) in [5.41, 5.74) is 0.368. The molecular formula is C17H16N6O4. The van der Waals surface area contributed by atoms with E-state index in [1.54, 1.807) is 31.5 Å². The molecule has 1 N–H and O–H groups in total. The molecule has 0 spiro atoms. The lowest BCUT2D eigenvalue weighted by Crippen LogP contribution is -2.33. The summed E-state index contributed by atoms with van der Waals surface area (Å²) in [7, 11) is 0. The van der Waals surface area contributed by atoms with Crippen LogP contribution in [-0.2, 0) is 4.79 Å². The van der Waals surface area contributed by atoms with Gasteiger partial charge in [-0.2, -0.15) is 5.10 Å². The number of amides is 1.